The molecule has 174 valence electrons. The molecule has 1 aromatic heterocycles. The Bertz CT molecular complexity index is 1320. The lowest BCUT2D eigenvalue weighted by Crippen LogP contribution is -2.22. The Hall–Kier alpha value is -3.97. The predicted octanol–water partition coefficient (Wildman–Crippen LogP) is 6.01. The Kier molecular flexibility index (Phi) is 7.17. The topological polar surface area (TPSA) is 86.1 Å². The summed E-state index contributed by atoms with van der Waals surface area (Å²) in [5, 5.41) is 13.6. The first-order valence-electron chi connectivity index (χ1n) is 9.93. The minimum Gasteiger partial charge on any atom is -0.321 e. The summed E-state index contributed by atoms with van der Waals surface area (Å²) < 4.78 is 38.7. The van der Waals surface area contributed by atoms with Gasteiger partial charge in [-0.25, -0.2) is 4.98 Å². The molecule has 0 aliphatic rings. The molecule has 1 N–H and O–H groups in total. The van der Waals surface area contributed by atoms with E-state index in [1.54, 1.807) is 17.5 Å². The van der Waals surface area contributed by atoms with Crippen LogP contribution in [-0.4, -0.2) is 16.8 Å². The number of anilines is 3. The lowest BCUT2D eigenvalue weighted by Gasteiger charge is -2.19. The van der Waals surface area contributed by atoms with Crippen molar-refractivity contribution in [3.63, 3.8) is 0 Å². The first-order valence-corrected chi connectivity index (χ1v) is 10.8. The third-order valence-corrected chi connectivity index (χ3v) is 5.71. The maximum atomic E-state index is 12.9. The Morgan fingerprint density at radius 2 is 1.88 bits per heavy atom. The normalized spacial score (nSPS) is 11.6. The molecule has 2 aromatic carbocycles. The molecule has 0 saturated heterocycles. The van der Waals surface area contributed by atoms with Gasteiger partial charge in [0.25, 0.3) is 5.91 Å². The van der Waals surface area contributed by atoms with Crippen LogP contribution in [0.1, 0.15) is 29.3 Å². The summed E-state index contributed by atoms with van der Waals surface area (Å²) in [5.74, 6) is -1.15. The number of nitriles is 1. The number of carbonyl (C=O) groups is 2. The van der Waals surface area contributed by atoms with Crippen molar-refractivity contribution in [2.24, 2.45) is 0 Å². The molecule has 1 heterocycles. The summed E-state index contributed by atoms with van der Waals surface area (Å²) in [5.41, 5.74) is 1.58. The maximum absolute atomic E-state index is 12.9. The van der Waals surface area contributed by atoms with Crippen molar-refractivity contribution in [2.75, 3.05) is 10.2 Å². The highest BCUT2D eigenvalue weighted by atomic mass is 32.1. The lowest BCUT2D eigenvalue weighted by atomic mass is 10.1. The smallest absolute Gasteiger partial charge is 0.321 e. The fraction of sp³-hybridized carbons (Fsp3) is 0.167. The van der Waals surface area contributed by atoms with E-state index in [1.807, 2.05) is 26.0 Å². The van der Waals surface area contributed by atoms with Crippen LogP contribution in [0.4, 0.5) is 29.7 Å². The quantitative estimate of drug-likeness (QED) is 0.355. The van der Waals surface area contributed by atoms with Crippen molar-refractivity contribution in [3.8, 4) is 6.07 Å². The van der Waals surface area contributed by atoms with Gasteiger partial charge in [0.05, 0.1) is 16.9 Å². The summed E-state index contributed by atoms with van der Waals surface area (Å²) in [6.45, 7) is 5.28. The third kappa shape index (κ3) is 5.68. The molecular weight excluding hydrogens is 465 g/mol. The predicted molar refractivity (Wildman–Crippen MR) is 125 cm³/mol. The van der Waals surface area contributed by atoms with Crippen molar-refractivity contribution in [3.05, 3.63) is 75.8 Å². The Morgan fingerprint density at radius 3 is 2.50 bits per heavy atom. The Labute approximate surface area is 198 Å². The number of aryl methyl sites for hydroxylation is 2. The zero-order chi connectivity index (χ0) is 25.0. The van der Waals surface area contributed by atoms with E-state index < -0.39 is 17.6 Å². The average molecular weight is 485 g/mol. The summed E-state index contributed by atoms with van der Waals surface area (Å²) in [6.07, 6.45) is -3.36. The lowest BCUT2D eigenvalue weighted by molar-refractivity contribution is -0.137. The van der Waals surface area contributed by atoms with E-state index in [9.17, 15) is 28.0 Å². The van der Waals surface area contributed by atoms with Gasteiger partial charge in [-0.3, -0.25) is 14.5 Å². The molecule has 0 radical (unpaired) electrons. The molecule has 2 amide bonds. The number of nitrogens with one attached hydrogen (secondary N) is 1. The van der Waals surface area contributed by atoms with Gasteiger partial charge in [-0.1, -0.05) is 12.1 Å². The second-order valence-corrected chi connectivity index (χ2v) is 8.22. The highest BCUT2D eigenvalue weighted by molar-refractivity contribution is 7.14. The van der Waals surface area contributed by atoms with Crippen LogP contribution in [0.3, 0.4) is 0 Å². The number of hydrogen-bond acceptors (Lipinski definition) is 5. The van der Waals surface area contributed by atoms with Crippen molar-refractivity contribution >= 4 is 45.7 Å². The molecule has 6 nitrogen and oxygen atoms in total. The number of benzene rings is 2. The summed E-state index contributed by atoms with van der Waals surface area (Å²) >= 11 is 1.15. The van der Waals surface area contributed by atoms with E-state index in [0.717, 1.165) is 40.7 Å². The summed E-state index contributed by atoms with van der Waals surface area (Å²) in [6, 6.07) is 11.4. The van der Waals surface area contributed by atoms with E-state index in [4.69, 9.17) is 0 Å². The van der Waals surface area contributed by atoms with Crippen LogP contribution in [0, 0.1) is 25.2 Å². The van der Waals surface area contributed by atoms with E-state index in [-0.39, 0.29) is 22.9 Å². The van der Waals surface area contributed by atoms with Crippen LogP contribution in [0.2, 0.25) is 0 Å². The van der Waals surface area contributed by atoms with Gasteiger partial charge in [0.2, 0.25) is 5.91 Å². The zero-order valence-corrected chi connectivity index (χ0v) is 19.2. The molecule has 0 bridgehead atoms. The number of alkyl halides is 3. The van der Waals surface area contributed by atoms with Crippen LogP contribution in [0.25, 0.3) is 6.08 Å². The van der Waals surface area contributed by atoms with Gasteiger partial charge in [-0.2, -0.15) is 18.4 Å². The molecule has 10 heteroatoms. The number of hydrogen-bond donors (Lipinski definition) is 1. The number of rotatable bonds is 5. The molecule has 0 aliphatic heterocycles. The molecular formula is C24H19F3N4O2S. The van der Waals surface area contributed by atoms with Gasteiger partial charge in [0.1, 0.15) is 11.6 Å². The van der Waals surface area contributed by atoms with Crippen LogP contribution < -0.4 is 10.2 Å². The number of aromatic nitrogens is 1. The number of thiazole rings is 1. The van der Waals surface area contributed by atoms with Gasteiger partial charge in [-0.15, -0.1) is 11.3 Å². The van der Waals surface area contributed by atoms with Crippen LogP contribution >= 0.6 is 11.3 Å². The highest BCUT2D eigenvalue weighted by Gasteiger charge is 2.30. The average Bonchev–Trinajstić information content (AvgIpc) is 3.21. The first-order chi connectivity index (χ1) is 16.0. The summed E-state index contributed by atoms with van der Waals surface area (Å²) in [4.78, 5) is 30.6. The van der Waals surface area contributed by atoms with Gasteiger partial charge in [0, 0.05) is 18.0 Å². The SMILES string of the molecule is CC(=O)N(c1ccc(C)c(C)c1)c1nc(/C=C(\C#N)C(=O)Nc2cccc(C(F)(F)F)c2)cs1. The zero-order valence-electron chi connectivity index (χ0n) is 18.4. The molecule has 34 heavy (non-hydrogen) atoms. The second kappa shape index (κ2) is 9.89. The number of halogens is 3. The number of carbonyl (C=O) groups excluding carboxylic acids is 2. The fourth-order valence-electron chi connectivity index (χ4n) is 3.01. The van der Waals surface area contributed by atoms with Gasteiger partial charge in [0.15, 0.2) is 5.13 Å². The largest absolute Gasteiger partial charge is 0.416 e. The third-order valence-electron chi connectivity index (χ3n) is 4.87. The first kappa shape index (κ1) is 24.7. The van der Waals surface area contributed by atoms with E-state index in [0.29, 0.717) is 10.8 Å². The standard InChI is InChI=1S/C24H19F3N4O2S/c1-14-7-8-21(9-15(14)2)31(16(3)32)23-30-20(13-34-23)10-17(12-28)22(33)29-19-6-4-5-18(11-19)24(25,26)27/h4-11,13H,1-3H3,(H,29,33)/b17-10+. The molecule has 3 aromatic rings. The number of nitrogens with zero attached hydrogens (tertiary/aromatic N) is 3. The molecule has 0 fully saturated rings. The minimum atomic E-state index is -4.57. The van der Waals surface area contributed by atoms with Crippen molar-refractivity contribution in [1.82, 2.24) is 4.98 Å². The molecule has 0 unspecified atom stereocenters. The maximum Gasteiger partial charge on any atom is 0.416 e. The van der Waals surface area contributed by atoms with Crippen LogP contribution in [-0.2, 0) is 15.8 Å². The van der Waals surface area contributed by atoms with E-state index >= 15 is 0 Å². The van der Waals surface area contributed by atoms with Crippen molar-refractivity contribution in [1.29, 1.82) is 5.26 Å². The fourth-order valence-corrected chi connectivity index (χ4v) is 3.85. The van der Waals surface area contributed by atoms with Gasteiger partial charge in [-0.05, 0) is 61.4 Å². The second-order valence-electron chi connectivity index (χ2n) is 7.38. The molecule has 3 rings (SSSR count). The van der Waals surface area contributed by atoms with E-state index in [2.05, 4.69) is 10.3 Å². The monoisotopic (exact) mass is 484 g/mol. The van der Waals surface area contributed by atoms with E-state index in [1.165, 1.54) is 24.0 Å². The highest BCUT2D eigenvalue weighted by Crippen LogP contribution is 2.32. The Morgan fingerprint density at radius 1 is 1.15 bits per heavy atom. The van der Waals surface area contributed by atoms with Crippen molar-refractivity contribution in [2.45, 2.75) is 26.9 Å². The van der Waals surface area contributed by atoms with Crippen LogP contribution in [0.15, 0.2) is 53.4 Å². The molecule has 0 spiro atoms. The van der Waals surface area contributed by atoms with Gasteiger partial charge >= 0.3 is 6.18 Å². The molecule has 0 atom stereocenters. The molecule has 0 saturated carbocycles. The van der Waals surface area contributed by atoms with Gasteiger partial charge < -0.3 is 5.32 Å². The Balaban J connectivity index is 1.85. The molecule has 0 aliphatic carbocycles. The summed E-state index contributed by atoms with van der Waals surface area (Å²) in [7, 11) is 0. The van der Waals surface area contributed by atoms with Crippen molar-refractivity contribution < 1.29 is 22.8 Å². The van der Waals surface area contributed by atoms with Crippen LogP contribution in [0.5, 0.6) is 0 Å². The number of amides is 2. The minimum absolute atomic E-state index is 0.0996.